The van der Waals surface area contributed by atoms with Gasteiger partial charge in [-0.15, -0.1) is 24.0 Å². The maximum Gasteiger partial charge on any atom is 0.191 e. The molecule has 1 heterocycles. The predicted octanol–water partition coefficient (Wildman–Crippen LogP) is 3.52. The van der Waals surface area contributed by atoms with E-state index < -0.39 is 0 Å². The van der Waals surface area contributed by atoms with E-state index in [4.69, 9.17) is 4.74 Å². The molecule has 1 aromatic carbocycles. The summed E-state index contributed by atoms with van der Waals surface area (Å²) in [5.41, 5.74) is 1.52. The largest absolute Gasteiger partial charge is 0.376 e. The Hall–Kier alpha value is -1.09. The molecule has 0 spiro atoms. The van der Waals surface area contributed by atoms with E-state index >= 15 is 0 Å². The van der Waals surface area contributed by atoms with E-state index in [0.717, 1.165) is 57.2 Å². The Morgan fingerprint density at radius 2 is 2.04 bits per heavy atom. The molecular formula is C19H32FIN4O. The standard InChI is InChI=1S/C19H31FN4O.HI/c1-4-21-19(23-14-16-8-7-11-25-16)22-13-15-9-10-18(17(20)12-15)24(5-2)6-3;/h9-10,12,16H,4-8,11,13-14H2,1-3H3,(H2,21,22,23);1H. The molecule has 1 aliphatic rings. The number of nitrogens with zero attached hydrogens (tertiary/aromatic N) is 2. The van der Waals surface area contributed by atoms with Crippen LogP contribution in [-0.4, -0.2) is 44.8 Å². The fourth-order valence-electron chi connectivity index (χ4n) is 3.00. The van der Waals surface area contributed by atoms with E-state index in [1.54, 1.807) is 6.07 Å². The van der Waals surface area contributed by atoms with Gasteiger partial charge in [0.2, 0.25) is 0 Å². The van der Waals surface area contributed by atoms with Gasteiger partial charge in [0.05, 0.1) is 18.3 Å². The van der Waals surface area contributed by atoms with Gasteiger partial charge in [-0.3, -0.25) is 0 Å². The average Bonchev–Trinajstić information content (AvgIpc) is 3.13. The molecule has 2 N–H and O–H groups in total. The maximum atomic E-state index is 14.4. The van der Waals surface area contributed by atoms with Crippen molar-refractivity contribution in [1.82, 2.24) is 10.6 Å². The molecule has 1 saturated heterocycles. The van der Waals surface area contributed by atoms with Gasteiger partial charge in [-0.1, -0.05) is 6.07 Å². The van der Waals surface area contributed by atoms with Crippen molar-refractivity contribution in [3.05, 3.63) is 29.6 Å². The first-order valence-corrected chi connectivity index (χ1v) is 9.35. The smallest absolute Gasteiger partial charge is 0.191 e. The minimum absolute atomic E-state index is 0. The molecule has 0 aliphatic carbocycles. The van der Waals surface area contributed by atoms with Crippen LogP contribution in [0.4, 0.5) is 10.1 Å². The molecule has 1 aliphatic heterocycles. The van der Waals surface area contributed by atoms with Gasteiger partial charge >= 0.3 is 0 Å². The van der Waals surface area contributed by atoms with E-state index in [0.29, 0.717) is 12.2 Å². The first-order valence-electron chi connectivity index (χ1n) is 9.35. The summed E-state index contributed by atoms with van der Waals surface area (Å²) in [5, 5.41) is 6.53. The number of nitrogens with one attached hydrogen (secondary N) is 2. The van der Waals surface area contributed by atoms with Crippen LogP contribution in [0.5, 0.6) is 0 Å². The summed E-state index contributed by atoms with van der Waals surface area (Å²) in [6.45, 7) is 10.5. The summed E-state index contributed by atoms with van der Waals surface area (Å²) in [4.78, 5) is 6.57. The van der Waals surface area contributed by atoms with Gasteiger partial charge in [0.15, 0.2) is 5.96 Å². The zero-order chi connectivity index (χ0) is 18.1. The highest BCUT2D eigenvalue weighted by atomic mass is 127. The van der Waals surface area contributed by atoms with Crippen LogP contribution in [-0.2, 0) is 11.3 Å². The highest BCUT2D eigenvalue weighted by molar-refractivity contribution is 14.0. The number of ether oxygens (including phenoxy) is 1. The van der Waals surface area contributed by atoms with Crippen molar-refractivity contribution in [2.24, 2.45) is 4.99 Å². The Bertz CT molecular complexity index is 560. The molecule has 0 bridgehead atoms. The van der Waals surface area contributed by atoms with Crippen molar-refractivity contribution in [3.8, 4) is 0 Å². The maximum absolute atomic E-state index is 14.4. The second kappa shape index (κ2) is 12.3. The SMILES string of the molecule is CCNC(=NCc1ccc(N(CC)CC)c(F)c1)NCC1CCCO1.I. The minimum Gasteiger partial charge on any atom is -0.376 e. The fraction of sp³-hybridized carbons (Fsp3) is 0.632. The van der Waals surface area contributed by atoms with Crippen molar-refractivity contribution >= 4 is 35.6 Å². The average molecular weight is 478 g/mol. The number of halogens is 2. The number of anilines is 1. The van der Waals surface area contributed by atoms with Crippen LogP contribution >= 0.6 is 24.0 Å². The van der Waals surface area contributed by atoms with E-state index in [-0.39, 0.29) is 35.9 Å². The molecule has 1 unspecified atom stereocenters. The van der Waals surface area contributed by atoms with Crippen molar-refractivity contribution < 1.29 is 9.13 Å². The lowest BCUT2D eigenvalue weighted by atomic mass is 10.2. The number of hydrogen-bond donors (Lipinski definition) is 2. The molecule has 0 aromatic heterocycles. The van der Waals surface area contributed by atoms with Gasteiger partial charge in [-0.05, 0) is 51.3 Å². The van der Waals surface area contributed by atoms with Crippen LogP contribution in [0.1, 0.15) is 39.2 Å². The number of hydrogen-bond acceptors (Lipinski definition) is 3. The molecule has 0 saturated carbocycles. The molecule has 1 atom stereocenters. The van der Waals surface area contributed by atoms with Gasteiger partial charge in [0.1, 0.15) is 5.82 Å². The molecule has 1 fully saturated rings. The number of rotatable bonds is 8. The molecule has 26 heavy (non-hydrogen) atoms. The molecule has 5 nitrogen and oxygen atoms in total. The monoisotopic (exact) mass is 478 g/mol. The summed E-state index contributed by atoms with van der Waals surface area (Å²) >= 11 is 0. The second-order valence-electron chi connectivity index (χ2n) is 6.17. The third-order valence-corrected chi connectivity index (χ3v) is 4.40. The zero-order valence-corrected chi connectivity index (χ0v) is 18.4. The quantitative estimate of drug-likeness (QED) is 0.341. The highest BCUT2D eigenvalue weighted by Gasteiger charge is 2.15. The Kier molecular flexibility index (Phi) is 10.9. The van der Waals surface area contributed by atoms with Crippen molar-refractivity contribution in [2.75, 3.05) is 37.7 Å². The van der Waals surface area contributed by atoms with Crippen LogP contribution in [0.15, 0.2) is 23.2 Å². The van der Waals surface area contributed by atoms with E-state index in [2.05, 4.69) is 15.6 Å². The molecule has 0 radical (unpaired) electrons. The Morgan fingerprint density at radius 1 is 1.27 bits per heavy atom. The van der Waals surface area contributed by atoms with Crippen LogP contribution in [0, 0.1) is 5.82 Å². The second-order valence-corrected chi connectivity index (χ2v) is 6.17. The van der Waals surface area contributed by atoms with Gasteiger partial charge < -0.3 is 20.3 Å². The van der Waals surface area contributed by atoms with Gasteiger partial charge in [-0.25, -0.2) is 9.38 Å². The van der Waals surface area contributed by atoms with E-state index in [1.807, 2.05) is 37.8 Å². The predicted molar refractivity (Wildman–Crippen MR) is 117 cm³/mol. The highest BCUT2D eigenvalue weighted by Crippen LogP contribution is 2.20. The van der Waals surface area contributed by atoms with Gasteiger partial charge in [0, 0.05) is 32.8 Å². The van der Waals surface area contributed by atoms with Crippen molar-refractivity contribution in [3.63, 3.8) is 0 Å². The zero-order valence-electron chi connectivity index (χ0n) is 16.1. The number of guanidine groups is 1. The van der Waals surface area contributed by atoms with Crippen molar-refractivity contribution in [1.29, 1.82) is 0 Å². The molecule has 2 rings (SSSR count). The molecule has 7 heteroatoms. The van der Waals surface area contributed by atoms with Crippen LogP contribution < -0.4 is 15.5 Å². The topological polar surface area (TPSA) is 48.9 Å². The third-order valence-electron chi connectivity index (χ3n) is 4.40. The van der Waals surface area contributed by atoms with Gasteiger partial charge in [-0.2, -0.15) is 0 Å². The lowest BCUT2D eigenvalue weighted by Crippen LogP contribution is -2.41. The first kappa shape index (κ1) is 23.0. The first-order chi connectivity index (χ1) is 12.2. The lowest BCUT2D eigenvalue weighted by molar-refractivity contribution is 0.114. The molecular weight excluding hydrogens is 446 g/mol. The Morgan fingerprint density at radius 3 is 2.62 bits per heavy atom. The van der Waals surface area contributed by atoms with Crippen LogP contribution in [0.3, 0.4) is 0 Å². The van der Waals surface area contributed by atoms with Crippen molar-refractivity contribution in [2.45, 2.75) is 46.3 Å². The molecule has 0 amide bonds. The number of benzene rings is 1. The number of aliphatic imine (C=N–C) groups is 1. The van der Waals surface area contributed by atoms with Crippen LogP contribution in [0.25, 0.3) is 0 Å². The van der Waals surface area contributed by atoms with E-state index in [9.17, 15) is 4.39 Å². The van der Waals surface area contributed by atoms with Gasteiger partial charge in [0.25, 0.3) is 0 Å². The summed E-state index contributed by atoms with van der Waals surface area (Å²) in [7, 11) is 0. The summed E-state index contributed by atoms with van der Waals surface area (Å²) < 4.78 is 20.0. The summed E-state index contributed by atoms with van der Waals surface area (Å²) in [5.74, 6) is 0.556. The minimum atomic E-state index is -0.186. The fourth-order valence-corrected chi connectivity index (χ4v) is 3.00. The van der Waals surface area contributed by atoms with Crippen LogP contribution in [0.2, 0.25) is 0 Å². The third kappa shape index (κ3) is 6.90. The van der Waals surface area contributed by atoms with E-state index in [1.165, 1.54) is 0 Å². The summed E-state index contributed by atoms with van der Waals surface area (Å²) in [6, 6.07) is 5.38. The molecule has 1 aromatic rings. The summed E-state index contributed by atoms with van der Waals surface area (Å²) in [6.07, 6.45) is 2.47. The Balaban J connectivity index is 0.00000338. The molecule has 148 valence electrons. The Labute approximate surface area is 173 Å². The lowest BCUT2D eigenvalue weighted by Gasteiger charge is -2.21. The normalized spacial score (nSPS) is 16.9.